The van der Waals surface area contributed by atoms with Crippen LogP contribution >= 0.6 is 0 Å². The summed E-state index contributed by atoms with van der Waals surface area (Å²) in [6, 6.07) is 7.50. The van der Waals surface area contributed by atoms with E-state index in [4.69, 9.17) is 10.3 Å². The summed E-state index contributed by atoms with van der Waals surface area (Å²) < 4.78 is 5.61. The number of hydrogen-bond acceptors (Lipinski definition) is 5. The van der Waals surface area contributed by atoms with Gasteiger partial charge < -0.3 is 14.4 Å². The first-order chi connectivity index (χ1) is 10.0. The van der Waals surface area contributed by atoms with Gasteiger partial charge >= 0.3 is 5.91 Å². The molecule has 0 radical (unpaired) electrons. The smallest absolute Gasteiger partial charge is 0.301 e. The molecule has 0 fully saturated rings. The Morgan fingerprint density at radius 2 is 2.19 bits per heavy atom. The molecule has 1 atom stereocenters. The second kappa shape index (κ2) is 6.71. The summed E-state index contributed by atoms with van der Waals surface area (Å²) in [6.45, 7) is 3.03. The highest BCUT2D eigenvalue weighted by atomic mass is 16.3. The number of furan rings is 1. The van der Waals surface area contributed by atoms with Gasteiger partial charge in [-0.1, -0.05) is 18.2 Å². The first-order valence-corrected chi connectivity index (χ1v) is 6.91. The van der Waals surface area contributed by atoms with Gasteiger partial charge in [0.2, 0.25) is 0 Å². The zero-order valence-electron chi connectivity index (χ0n) is 12.3. The molecule has 0 bridgehead atoms. The zero-order chi connectivity index (χ0) is 15.4. The molecule has 21 heavy (non-hydrogen) atoms. The van der Waals surface area contributed by atoms with Gasteiger partial charge in [0, 0.05) is 24.0 Å². The molecule has 0 aliphatic heterocycles. The Bertz CT molecular complexity index is 622. The highest BCUT2D eigenvalue weighted by Gasteiger charge is 2.20. The van der Waals surface area contributed by atoms with E-state index in [1.54, 1.807) is 6.92 Å². The molecule has 0 aliphatic rings. The standard InChI is InChI=1S/C15H21N3O3/c1-10(19)7-8-18(2)9-12-11-5-3-4-6-13(11)21-14(12)15(20)17-16/h3-6,10,19H,7-9,16H2,1-2H3,(H,17,20). The number of nitrogens with one attached hydrogen (secondary N) is 1. The molecule has 114 valence electrons. The van der Waals surface area contributed by atoms with Crippen LogP contribution in [0.15, 0.2) is 28.7 Å². The fourth-order valence-corrected chi connectivity index (χ4v) is 2.26. The molecule has 0 saturated heterocycles. The van der Waals surface area contributed by atoms with Crippen LogP contribution in [0, 0.1) is 0 Å². The molecule has 4 N–H and O–H groups in total. The van der Waals surface area contributed by atoms with Crippen LogP contribution in [0.4, 0.5) is 0 Å². The lowest BCUT2D eigenvalue weighted by Gasteiger charge is -2.17. The number of rotatable bonds is 6. The number of nitrogens with zero attached hydrogens (tertiary/aromatic N) is 1. The quantitative estimate of drug-likeness (QED) is 0.423. The Morgan fingerprint density at radius 1 is 1.48 bits per heavy atom. The lowest BCUT2D eigenvalue weighted by atomic mass is 10.1. The van der Waals surface area contributed by atoms with Gasteiger partial charge in [-0.25, -0.2) is 5.84 Å². The molecule has 1 aromatic heterocycles. The molecule has 2 rings (SSSR count). The fraction of sp³-hybridized carbons (Fsp3) is 0.400. The Hall–Kier alpha value is -1.89. The summed E-state index contributed by atoms with van der Waals surface area (Å²) in [5, 5.41) is 10.3. The van der Waals surface area contributed by atoms with E-state index in [2.05, 4.69) is 5.43 Å². The minimum Gasteiger partial charge on any atom is -0.451 e. The number of amides is 1. The van der Waals surface area contributed by atoms with Crippen molar-refractivity contribution >= 4 is 16.9 Å². The molecule has 1 unspecified atom stereocenters. The SMILES string of the molecule is CC(O)CCN(C)Cc1c(C(=O)NN)oc2ccccc12. The minimum atomic E-state index is -0.440. The van der Waals surface area contributed by atoms with Crippen LogP contribution < -0.4 is 11.3 Å². The maximum atomic E-state index is 11.9. The third kappa shape index (κ3) is 3.60. The molecular weight excluding hydrogens is 270 g/mol. The van der Waals surface area contributed by atoms with Gasteiger partial charge in [-0.2, -0.15) is 0 Å². The van der Waals surface area contributed by atoms with Crippen molar-refractivity contribution in [3.05, 3.63) is 35.6 Å². The predicted molar refractivity (Wildman–Crippen MR) is 80.5 cm³/mol. The van der Waals surface area contributed by atoms with Gasteiger partial charge in [-0.3, -0.25) is 10.2 Å². The number of fused-ring (bicyclic) bond motifs is 1. The van der Waals surface area contributed by atoms with Crippen LogP contribution in [0.3, 0.4) is 0 Å². The molecule has 1 heterocycles. The van der Waals surface area contributed by atoms with Crippen LogP contribution in [0.1, 0.15) is 29.5 Å². The molecule has 1 aromatic carbocycles. The van der Waals surface area contributed by atoms with Crippen molar-refractivity contribution < 1.29 is 14.3 Å². The van der Waals surface area contributed by atoms with E-state index in [0.29, 0.717) is 18.5 Å². The first kappa shape index (κ1) is 15.5. The zero-order valence-corrected chi connectivity index (χ0v) is 12.3. The molecule has 0 saturated carbocycles. The van der Waals surface area contributed by atoms with Crippen LogP contribution in [-0.2, 0) is 6.54 Å². The molecule has 0 aliphatic carbocycles. The van der Waals surface area contributed by atoms with Crippen molar-refractivity contribution in [2.75, 3.05) is 13.6 Å². The Labute approximate surface area is 123 Å². The Kier molecular flexibility index (Phi) is 4.95. The molecular formula is C15H21N3O3. The minimum absolute atomic E-state index is 0.239. The Balaban J connectivity index is 2.29. The topological polar surface area (TPSA) is 91.7 Å². The average Bonchev–Trinajstić information content (AvgIpc) is 2.83. The number of carbonyl (C=O) groups is 1. The van der Waals surface area contributed by atoms with Crippen molar-refractivity contribution in [2.24, 2.45) is 5.84 Å². The van der Waals surface area contributed by atoms with Crippen LogP contribution in [0.5, 0.6) is 0 Å². The number of benzene rings is 1. The number of hydrazine groups is 1. The van der Waals surface area contributed by atoms with Crippen molar-refractivity contribution in [1.82, 2.24) is 10.3 Å². The molecule has 6 heteroatoms. The maximum absolute atomic E-state index is 11.9. The lowest BCUT2D eigenvalue weighted by Crippen LogP contribution is -2.31. The normalized spacial score (nSPS) is 12.8. The second-order valence-electron chi connectivity index (χ2n) is 5.25. The van der Waals surface area contributed by atoms with Gasteiger partial charge in [-0.15, -0.1) is 0 Å². The van der Waals surface area contributed by atoms with E-state index < -0.39 is 5.91 Å². The third-order valence-corrected chi connectivity index (χ3v) is 3.39. The number of carbonyl (C=O) groups excluding carboxylic acids is 1. The number of nitrogen functional groups attached to an aromatic ring is 1. The largest absolute Gasteiger partial charge is 0.451 e. The molecule has 6 nitrogen and oxygen atoms in total. The van der Waals surface area contributed by atoms with E-state index >= 15 is 0 Å². The van der Waals surface area contributed by atoms with Crippen LogP contribution in [0.2, 0.25) is 0 Å². The van der Waals surface area contributed by atoms with Gasteiger partial charge in [0.1, 0.15) is 5.58 Å². The average molecular weight is 291 g/mol. The van der Waals surface area contributed by atoms with Crippen molar-refractivity contribution in [3.8, 4) is 0 Å². The maximum Gasteiger partial charge on any atom is 0.301 e. The highest BCUT2D eigenvalue weighted by Crippen LogP contribution is 2.26. The van der Waals surface area contributed by atoms with Gasteiger partial charge in [-0.05, 0) is 26.5 Å². The number of nitrogens with two attached hydrogens (primary N) is 1. The van der Waals surface area contributed by atoms with E-state index in [-0.39, 0.29) is 11.9 Å². The molecule has 2 aromatic rings. The summed E-state index contributed by atoms with van der Waals surface area (Å²) in [7, 11) is 1.94. The molecule has 1 amide bonds. The van der Waals surface area contributed by atoms with Gasteiger partial charge in [0.25, 0.3) is 0 Å². The van der Waals surface area contributed by atoms with E-state index in [0.717, 1.165) is 17.5 Å². The predicted octanol–water partition coefficient (Wildman–Crippen LogP) is 1.24. The van der Waals surface area contributed by atoms with Crippen LogP contribution in [0.25, 0.3) is 11.0 Å². The highest BCUT2D eigenvalue weighted by molar-refractivity contribution is 5.98. The van der Waals surface area contributed by atoms with Crippen LogP contribution in [-0.4, -0.2) is 35.6 Å². The van der Waals surface area contributed by atoms with Crippen molar-refractivity contribution in [3.63, 3.8) is 0 Å². The Morgan fingerprint density at radius 3 is 2.86 bits per heavy atom. The number of aliphatic hydroxyl groups excluding tert-OH is 1. The van der Waals surface area contributed by atoms with E-state index in [9.17, 15) is 9.90 Å². The summed E-state index contributed by atoms with van der Waals surface area (Å²) in [6.07, 6.45) is 0.324. The number of aliphatic hydroxyl groups is 1. The lowest BCUT2D eigenvalue weighted by molar-refractivity contribution is 0.0925. The second-order valence-corrected chi connectivity index (χ2v) is 5.25. The summed E-state index contributed by atoms with van der Waals surface area (Å²) in [5.74, 6) is 5.02. The van der Waals surface area contributed by atoms with Crippen molar-refractivity contribution in [2.45, 2.75) is 26.0 Å². The third-order valence-electron chi connectivity index (χ3n) is 3.39. The van der Waals surface area contributed by atoms with E-state index in [1.807, 2.05) is 36.2 Å². The van der Waals surface area contributed by atoms with E-state index in [1.165, 1.54) is 0 Å². The summed E-state index contributed by atoms with van der Waals surface area (Å²) in [4.78, 5) is 13.9. The van der Waals surface area contributed by atoms with Gasteiger partial charge in [0.05, 0.1) is 6.10 Å². The first-order valence-electron chi connectivity index (χ1n) is 6.91. The van der Waals surface area contributed by atoms with Gasteiger partial charge in [0.15, 0.2) is 5.76 Å². The molecule has 0 spiro atoms. The monoisotopic (exact) mass is 291 g/mol. The summed E-state index contributed by atoms with van der Waals surface area (Å²) >= 11 is 0. The fourth-order valence-electron chi connectivity index (χ4n) is 2.26. The number of hydrogen-bond donors (Lipinski definition) is 3. The summed E-state index contributed by atoms with van der Waals surface area (Å²) in [5.41, 5.74) is 3.58. The number of para-hydroxylation sites is 1. The van der Waals surface area contributed by atoms with Crippen molar-refractivity contribution in [1.29, 1.82) is 0 Å².